The van der Waals surface area contributed by atoms with Crippen LogP contribution in [0.25, 0.3) is 0 Å². The van der Waals surface area contributed by atoms with Gasteiger partial charge in [-0.2, -0.15) is 0 Å². The molecule has 2 aromatic rings. The van der Waals surface area contributed by atoms with E-state index in [1.54, 1.807) is 7.11 Å². The Balaban J connectivity index is 1.86. The van der Waals surface area contributed by atoms with Crippen molar-refractivity contribution in [2.24, 2.45) is 0 Å². The van der Waals surface area contributed by atoms with Crippen molar-refractivity contribution < 1.29 is 19.1 Å². The number of benzene rings is 2. The van der Waals surface area contributed by atoms with Crippen molar-refractivity contribution in [3.63, 3.8) is 0 Å². The average Bonchev–Trinajstić information content (AvgIpc) is 2.81. The molecule has 2 amide bonds. The minimum absolute atomic E-state index is 0.0274. The average molecular weight is 439 g/mol. The van der Waals surface area contributed by atoms with Crippen LogP contribution in [-0.4, -0.2) is 25.5 Å². The van der Waals surface area contributed by atoms with Gasteiger partial charge in [-0.25, -0.2) is 0 Å². The van der Waals surface area contributed by atoms with Crippen molar-refractivity contribution in [2.45, 2.75) is 52.0 Å². The molecule has 0 heterocycles. The van der Waals surface area contributed by atoms with Gasteiger partial charge in [-0.1, -0.05) is 44.5 Å². The molecule has 2 rings (SSSR count). The molecule has 0 bridgehead atoms. The fraction of sp³-hybridized carbons (Fsp3) is 0.385. The van der Waals surface area contributed by atoms with Gasteiger partial charge in [0.2, 0.25) is 11.8 Å². The molecule has 0 fully saturated rings. The van der Waals surface area contributed by atoms with Gasteiger partial charge < -0.3 is 20.1 Å². The molecule has 6 nitrogen and oxygen atoms in total. The minimum Gasteiger partial charge on any atom is -0.493 e. The zero-order chi connectivity index (χ0) is 23.3. The van der Waals surface area contributed by atoms with Crippen molar-refractivity contribution >= 4 is 17.5 Å². The number of aryl methyl sites for hydroxylation is 1. The molecule has 2 N–H and O–H groups in total. The smallest absolute Gasteiger partial charge is 0.247 e. The fourth-order valence-corrected chi connectivity index (χ4v) is 3.21. The molecule has 1 unspecified atom stereocenters. The first-order chi connectivity index (χ1) is 15.5. The Kier molecular flexibility index (Phi) is 10.3. The van der Waals surface area contributed by atoms with Gasteiger partial charge in [0, 0.05) is 12.1 Å². The van der Waals surface area contributed by atoms with Gasteiger partial charge in [-0.05, 0) is 61.2 Å². The summed E-state index contributed by atoms with van der Waals surface area (Å²) in [6.45, 7) is 8.20. The van der Waals surface area contributed by atoms with E-state index in [0.717, 1.165) is 36.1 Å². The molecule has 0 aliphatic heterocycles. The van der Waals surface area contributed by atoms with E-state index in [1.807, 2.05) is 49.4 Å². The number of ether oxygens (including phenoxy) is 2. The highest BCUT2D eigenvalue weighted by atomic mass is 16.5. The number of unbranched alkanes of at least 4 members (excludes halogenated alkanes) is 2. The Bertz CT molecular complexity index is 893. The maximum atomic E-state index is 12.4. The van der Waals surface area contributed by atoms with E-state index < -0.39 is 0 Å². The second-order valence-corrected chi connectivity index (χ2v) is 7.65. The SMILES string of the molecule is C=CC(=O)Nc1ccc(CCC(=O)NC(C)c2ccc(OCCCCC)c(OC)c2)cc1. The number of amides is 2. The largest absolute Gasteiger partial charge is 0.493 e. The number of carbonyl (C=O) groups is 2. The Morgan fingerprint density at radius 1 is 1.09 bits per heavy atom. The zero-order valence-corrected chi connectivity index (χ0v) is 19.3. The van der Waals surface area contributed by atoms with E-state index in [9.17, 15) is 9.59 Å². The van der Waals surface area contributed by atoms with Crippen molar-refractivity contribution in [3.05, 3.63) is 66.2 Å². The molecule has 0 aromatic heterocycles. The molecule has 0 saturated carbocycles. The van der Waals surface area contributed by atoms with Crippen LogP contribution in [0, 0.1) is 0 Å². The van der Waals surface area contributed by atoms with Crippen LogP contribution in [0.1, 0.15) is 56.7 Å². The molecule has 0 aliphatic rings. The van der Waals surface area contributed by atoms with Crippen molar-refractivity contribution in [1.29, 1.82) is 0 Å². The topological polar surface area (TPSA) is 76.7 Å². The Labute approximate surface area is 191 Å². The predicted octanol–water partition coefficient (Wildman–Crippen LogP) is 5.20. The Morgan fingerprint density at radius 2 is 1.84 bits per heavy atom. The summed E-state index contributed by atoms with van der Waals surface area (Å²) in [4.78, 5) is 23.8. The van der Waals surface area contributed by atoms with Gasteiger partial charge >= 0.3 is 0 Å². The molecule has 0 radical (unpaired) electrons. The van der Waals surface area contributed by atoms with Crippen LogP contribution in [0.4, 0.5) is 5.69 Å². The molecule has 6 heteroatoms. The molecule has 2 aromatic carbocycles. The number of methoxy groups -OCH3 is 1. The number of rotatable bonds is 13. The summed E-state index contributed by atoms with van der Waals surface area (Å²) >= 11 is 0. The van der Waals surface area contributed by atoms with Crippen LogP contribution in [0.15, 0.2) is 55.1 Å². The standard InChI is InChI=1S/C26H34N2O4/c1-5-7-8-17-32-23-15-12-21(18-24(23)31-4)19(3)27-26(30)16-11-20-9-13-22(14-10-20)28-25(29)6-2/h6,9-10,12-15,18-19H,2,5,7-8,11,16-17H2,1,3-4H3,(H,27,30)(H,28,29). The van der Waals surface area contributed by atoms with Crippen LogP contribution in [0.3, 0.4) is 0 Å². The molecule has 172 valence electrons. The first-order valence-electron chi connectivity index (χ1n) is 11.1. The summed E-state index contributed by atoms with van der Waals surface area (Å²) < 4.78 is 11.3. The van der Waals surface area contributed by atoms with E-state index >= 15 is 0 Å². The Morgan fingerprint density at radius 3 is 2.50 bits per heavy atom. The van der Waals surface area contributed by atoms with Crippen molar-refractivity contribution in [1.82, 2.24) is 5.32 Å². The third kappa shape index (κ3) is 8.10. The summed E-state index contributed by atoms with van der Waals surface area (Å²) in [5, 5.41) is 5.74. The van der Waals surface area contributed by atoms with Gasteiger partial charge in [0.25, 0.3) is 0 Å². The van der Waals surface area contributed by atoms with Crippen LogP contribution in [0.2, 0.25) is 0 Å². The Hall–Kier alpha value is -3.28. The first-order valence-corrected chi connectivity index (χ1v) is 11.1. The number of hydrogen-bond acceptors (Lipinski definition) is 4. The van der Waals surface area contributed by atoms with Crippen LogP contribution >= 0.6 is 0 Å². The third-order valence-corrected chi connectivity index (χ3v) is 5.12. The van der Waals surface area contributed by atoms with Gasteiger partial charge in [0.1, 0.15) is 0 Å². The highest BCUT2D eigenvalue weighted by Gasteiger charge is 2.13. The quantitative estimate of drug-likeness (QED) is 0.333. The number of carbonyl (C=O) groups excluding carboxylic acids is 2. The number of anilines is 1. The maximum absolute atomic E-state index is 12.4. The molecule has 0 aliphatic carbocycles. The van der Waals surface area contributed by atoms with E-state index in [1.165, 1.54) is 6.08 Å². The van der Waals surface area contributed by atoms with Gasteiger partial charge in [-0.15, -0.1) is 0 Å². The van der Waals surface area contributed by atoms with Crippen molar-refractivity contribution in [2.75, 3.05) is 19.0 Å². The monoisotopic (exact) mass is 438 g/mol. The summed E-state index contributed by atoms with van der Waals surface area (Å²) in [5.74, 6) is 1.11. The van der Waals surface area contributed by atoms with Crippen LogP contribution in [0.5, 0.6) is 11.5 Å². The third-order valence-electron chi connectivity index (χ3n) is 5.12. The fourth-order valence-electron chi connectivity index (χ4n) is 3.21. The zero-order valence-electron chi connectivity index (χ0n) is 19.3. The van der Waals surface area contributed by atoms with Crippen LogP contribution in [-0.2, 0) is 16.0 Å². The minimum atomic E-state index is -0.251. The normalized spacial score (nSPS) is 11.3. The lowest BCUT2D eigenvalue weighted by atomic mass is 10.1. The second kappa shape index (κ2) is 13.2. The number of hydrogen-bond donors (Lipinski definition) is 2. The lowest BCUT2D eigenvalue weighted by molar-refractivity contribution is -0.121. The summed E-state index contributed by atoms with van der Waals surface area (Å²) in [5.41, 5.74) is 2.68. The summed E-state index contributed by atoms with van der Waals surface area (Å²) in [6, 6.07) is 13.1. The van der Waals surface area contributed by atoms with E-state index in [2.05, 4.69) is 24.1 Å². The summed E-state index contributed by atoms with van der Waals surface area (Å²) in [7, 11) is 1.62. The van der Waals surface area contributed by atoms with Gasteiger partial charge in [-0.3, -0.25) is 9.59 Å². The molecule has 0 spiro atoms. The summed E-state index contributed by atoms with van der Waals surface area (Å²) in [6.07, 6.45) is 5.51. The van der Waals surface area contributed by atoms with Crippen molar-refractivity contribution in [3.8, 4) is 11.5 Å². The molecular formula is C26H34N2O4. The maximum Gasteiger partial charge on any atom is 0.247 e. The number of nitrogens with one attached hydrogen (secondary N) is 2. The highest BCUT2D eigenvalue weighted by Crippen LogP contribution is 2.30. The second-order valence-electron chi connectivity index (χ2n) is 7.65. The lowest BCUT2D eigenvalue weighted by Gasteiger charge is -2.17. The predicted molar refractivity (Wildman–Crippen MR) is 128 cm³/mol. The van der Waals surface area contributed by atoms with E-state index in [-0.39, 0.29) is 17.9 Å². The lowest BCUT2D eigenvalue weighted by Crippen LogP contribution is -2.26. The van der Waals surface area contributed by atoms with Gasteiger partial charge in [0.15, 0.2) is 11.5 Å². The molecule has 32 heavy (non-hydrogen) atoms. The highest BCUT2D eigenvalue weighted by molar-refractivity contribution is 5.98. The van der Waals surface area contributed by atoms with E-state index in [4.69, 9.17) is 9.47 Å². The molecule has 0 saturated heterocycles. The van der Waals surface area contributed by atoms with Gasteiger partial charge in [0.05, 0.1) is 19.8 Å². The first kappa shape index (κ1) is 25.0. The van der Waals surface area contributed by atoms with Crippen LogP contribution < -0.4 is 20.1 Å². The molecular weight excluding hydrogens is 404 g/mol. The molecule has 1 atom stereocenters. The van der Waals surface area contributed by atoms with E-state index in [0.29, 0.717) is 30.9 Å².